The van der Waals surface area contributed by atoms with Crippen molar-refractivity contribution in [2.24, 2.45) is 4.99 Å². The quantitative estimate of drug-likeness (QED) is 0.764. The van der Waals surface area contributed by atoms with E-state index in [9.17, 15) is 13.2 Å². The van der Waals surface area contributed by atoms with Crippen LogP contribution in [0.4, 0.5) is 18.9 Å². The van der Waals surface area contributed by atoms with Gasteiger partial charge in [-0.1, -0.05) is 24.3 Å². The summed E-state index contributed by atoms with van der Waals surface area (Å²) in [4.78, 5) is 4.42. The summed E-state index contributed by atoms with van der Waals surface area (Å²) in [6.07, 6.45) is -4.32. The number of hydrogen-bond acceptors (Lipinski definition) is 2. The van der Waals surface area contributed by atoms with E-state index < -0.39 is 11.7 Å². The largest absolute Gasteiger partial charge is 0.485 e. The Balaban J connectivity index is 1.93. The minimum Gasteiger partial charge on any atom is -0.485 e. The van der Waals surface area contributed by atoms with Gasteiger partial charge < -0.3 is 4.74 Å². The molecule has 102 valence electrons. The summed E-state index contributed by atoms with van der Waals surface area (Å²) >= 11 is 0. The third-order valence-electron chi connectivity index (χ3n) is 3.03. The van der Waals surface area contributed by atoms with E-state index in [1.54, 1.807) is 6.07 Å². The van der Waals surface area contributed by atoms with Crippen molar-refractivity contribution in [3.8, 4) is 5.75 Å². The standard InChI is InChI=1S/C15H10F3NO/c16-15(17,18)11-7-5-10(6-8-11)13-9-20-14-4-2-1-3-12(14)19-13/h1-8H,9H2. The molecule has 0 aromatic heterocycles. The number of para-hydroxylation sites is 2. The summed E-state index contributed by atoms with van der Waals surface area (Å²) in [5.41, 5.74) is 1.28. The molecule has 2 aromatic carbocycles. The van der Waals surface area contributed by atoms with Crippen LogP contribution in [-0.4, -0.2) is 12.3 Å². The fourth-order valence-electron chi connectivity index (χ4n) is 1.99. The lowest BCUT2D eigenvalue weighted by molar-refractivity contribution is -0.137. The first kappa shape index (κ1) is 12.7. The summed E-state index contributed by atoms with van der Waals surface area (Å²) in [5, 5.41) is 0. The number of ether oxygens (including phenoxy) is 1. The zero-order chi connectivity index (χ0) is 14.2. The molecule has 0 bridgehead atoms. The Morgan fingerprint density at radius 3 is 2.35 bits per heavy atom. The van der Waals surface area contributed by atoms with Gasteiger partial charge >= 0.3 is 6.18 Å². The van der Waals surface area contributed by atoms with Gasteiger partial charge in [-0.25, -0.2) is 4.99 Å². The maximum absolute atomic E-state index is 12.5. The second kappa shape index (κ2) is 4.67. The fourth-order valence-corrected chi connectivity index (χ4v) is 1.99. The van der Waals surface area contributed by atoms with Crippen LogP contribution in [-0.2, 0) is 6.18 Å². The molecule has 0 unspecified atom stereocenters. The number of hydrogen-bond donors (Lipinski definition) is 0. The van der Waals surface area contributed by atoms with E-state index in [-0.39, 0.29) is 6.61 Å². The zero-order valence-electron chi connectivity index (χ0n) is 10.3. The third kappa shape index (κ3) is 2.39. The molecule has 0 fully saturated rings. The predicted molar refractivity (Wildman–Crippen MR) is 69.6 cm³/mol. The highest BCUT2D eigenvalue weighted by molar-refractivity contribution is 6.04. The van der Waals surface area contributed by atoms with Gasteiger partial charge in [0.2, 0.25) is 0 Å². The molecule has 0 radical (unpaired) electrons. The molecule has 0 aliphatic carbocycles. The van der Waals surface area contributed by atoms with Gasteiger partial charge in [0.25, 0.3) is 0 Å². The summed E-state index contributed by atoms with van der Waals surface area (Å²) in [7, 11) is 0. The van der Waals surface area contributed by atoms with Gasteiger partial charge in [0, 0.05) is 0 Å². The molecule has 5 heteroatoms. The Bertz CT molecular complexity index is 660. The van der Waals surface area contributed by atoms with Gasteiger partial charge in [-0.2, -0.15) is 13.2 Å². The molecule has 2 aromatic rings. The van der Waals surface area contributed by atoms with Crippen molar-refractivity contribution in [2.45, 2.75) is 6.18 Å². The Labute approximate surface area is 113 Å². The minimum absolute atomic E-state index is 0.252. The first-order valence-corrected chi connectivity index (χ1v) is 6.01. The third-order valence-corrected chi connectivity index (χ3v) is 3.03. The average molecular weight is 277 g/mol. The number of rotatable bonds is 1. The van der Waals surface area contributed by atoms with E-state index in [0.29, 0.717) is 22.7 Å². The molecule has 0 amide bonds. The highest BCUT2D eigenvalue weighted by Crippen LogP contribution is 2.32. The first-order chi connectivity index (χ1) is 9.54. The number of halogens is 3. The monoisotopic (exact) mass is 277 g/mol. The molecule has 0 saturated carbocycles. The number of nitrogens with zero attached hydrogens (tertiary/aromatic N) is 1. The van der Waals surface area contributed by atoms with Crippen LogP contribution < -0.4 is 4.74 Å². The highest BCUT2D eigenvalue weighted by Gasteiger charge is 2.30. The fraction of sp³-hybridized carbons (Fsp3) is 0.133. The topological polar surface area (TPSA) is 21.6 Å². The molecular weight excluding hydrogens is 267 g/mol. The number of benzene rings is 2. The maximum Gasteiger partial charge on any atom is 0.416 e. The van der Waals surface area contributed by atoms with Crippen LogP contribution in [0.25, 0.3) is 0 Å². The second-order valence-electron chi connectivity index (χ2n) is 4.39. The molecule has 0 atom stereocenters. The van der Waals surface area contributed by atoms with Gasteiger partial charge in [-0.3, -0.25) is 0 Å². The van der Waals surface area contributed by atoms with E-state index in [1.165, 1.54) is 12.1 Å². The van der Waals surface area contributed by atoms with Crippen molar-refractivity contribution in [1.82, 2.24) is 0 Å². The summed E-state index contributed by atoms with van der Waals surface area (Å²) in [6.45, 7) is 0.252. The molecule has 2 nitrogen and oxygen atoms in total. The molecule has 1 heterocycles. The smallest absolute Gasteiger partial charge is 0.416 e. The van der Waals surface area contributed by atoms with E-state index in [2.05, 4.69) is 4.99 Å². The first-order valence-electron chi connectivity index (χ1n) is 6.01. The Kier molecular flexibility index (Phi) is 2.97. The van der Waals surface area contributed by atoms with Gasteiger partial charge in [-0.05, 0) is 29.8 Å². The molecule has 0 saturated heterocycles. The van der Waals surface area contributed by atoms with Crippen molar-refractivity contribution < 1.29 is 17.9 Å². The highest BCUT2D eigenvalue weighted by atomic mass is 19.4. The van der Waals surface area contributed by atoms with Gasteiger partial charge in [0.15, 0.2) is 0 Å². The summed E-state index contributed by atoms with van der Waals surface area (Å²) in [6, 6.07) is 12.2. The van der Waals surface area contributed by atoms with Crippen LogP contribution >= 0.6 is 0 Å². The SMILES string of the molecule is FC(F)(F)c1ccc(C2=Nc3ccccc3OC2)cc1. The molecule has 0 N–H and O–H groups in total. The second-order valence-corrected chi connectivity index (χ2v) is 4.39. The van der Waals surface area contributed by atoms with Crippen LogP contribution in [0.2, 0.25) is 0 Å². The normalized spacial score (nSPS) is 14.2. The molecule has 1 aliphatic rings. The van der Waals surface area contributed by atoms with Crippen LogP contribution in [0, 0.1) is 0 Å². The van der Waals surface area contributed by atoms with Crippen LogP contribution in [0.15, 0.2) is 53.5 Å². The Morgan fingerprint density at radius 2 is 1.65 bits per heavy atom. The lowest BCUT2D eigenvalue weighted by Crippen LogP contribution is -2.16. The molecule has 1 aliphatic heterocycles. The predicted octanol–water partition coefficient (Wildman–Crippen LogP) is 4.22. The maximum atomic E-state index is 12.5. The van der Waals surface area contributed by atoms with E-state index in [1.807, 2.05) is 18.2 Å². The molecule has 3 rings (SSSR count). The zero-order valence-corrected chi connectivity index (χ0v) is 10.3. The van der Waals surface area contributed by atoms with Crippen molar-refractivity contribution in [2.75, 3.05) is 6.61 Å². The van der Waals surface area contributed by atoms with Gasteiger partial charge in [0.1, 0.15) is 18.0 Å². The van der Waals surface area contributed by atoms with Crippen molar-refractivity contribution >= 4 is 11.4 Å². The summed E-state index contributed by atoms with van der Waals surface area (Å²) < 4.78 is 43.0. The van der Waals surface area contributed by atoms with E-state index >= 15 is 0 Å². The molecule has 20 heavy (non-hydrogen) atoms. The molecule has 0 spiro atoms. The van der Waals surface area contributed by atoms with Crippen LogP contribution in [0.1, 0.15) is 11.1 Å². The Morgan fingerprint density at radius 1 is 0.950 bits per heavy atom. The van der Waals surface area contributed by atoms with Crippen LogP contribution in [0.5, 0.6) is 5.75 Å². The van der Waals surface area contributed by atoms with E-state index in [0.717, 1.165) is 12.1 Å². The van der Waals surface area contributed by atoms with Gasteiger partial charge in [0.05, 0.1) is 11.3 Å². The number of fused-ring (bicyclic) bond motifs is 1. The molecular formula is C15H10F3NO. The summed E-state index contributed by atoms with van der Waals surface area (Å²) in [5.74, 6) is 0.683. The van der Waals surface area contributed by atoms with Crippen molar-refractivity contribution in [3.05, 3.63) is 59.7 Å². The van der Waals surface area contributed by atoms with E-state index in [4.69, 9.17) is 4.74 Å². The average Bonchev–Trinajstić information content (AvgIpc) is 2.46. The van der Waals surface area contributed by atoms with Gasteiger partial charge in [-0.15, -0.1) is 0 Å². The minimum atomic E-state index is -4.32. The van der Waals surface area contributed by atoms with Crippen LogP contribution in [0.3, 0.4) is 0 Å². The number of alkyl halides is 3. The van der Waals surface area contributed by atoms with Crippen molar-refractivity contribution in [3.63, 3.8) is 0 Å². The van der Waals surface area contributed by atoms with Crippen molar-refractivity contribution in [1.29, 1.82) is 0 Å². The lowest BCUT2D eigenvalue weighted by Gasteiger charge is -2.17. The lowest BCUT2D eigenvalue weighted by atomic mass is 10.1. The number of aliphatic imine (C=N–C) groups is 1. The Hall–Kier alpha value is -2.30.